The van der Waals surface area contributed by atoms with Gasteiger partial charge in [-0.15, -0.1) is 0 Å². The highest BCUT2D eigenvalue weighted by Gasteiger charge is 2.28. The van der Waals surface area contributed by atoms with Crippen molar-refractivity contribution >= 4 is 5.78 Å². The first-order chi connectivity index (χ1) is 8.60. The molecule has 2 rings (SSSR count). The molecule has 0 saturated heterocycles. The minimum Gasteiger partial charge on any atom is -0.299 e. The molecule has 1 saturated carbocycles. The second-order valence-electron chi connectivity index (χ2n) is 5.85. The van der Waals surface area contributed by atoms with E-state index in [0.717, 1.165) is 31.6 Å². The van der Waals surface area contributed by atoms with E-state index < -0.39 is 0 Å². The Hall–Kier alpha value is -1.11. The molecule has 0 N–H and O–H groups in total. The van der Waals surface area contributed by atoms with E-state index in [-0.39, 0.29) is 5.92 Å². The van der Waals surface area contributed by atoms with Gasteiger partial charge in [-0.05, 0) is 50.2 Å². The van der Waals surface area contributed by atoms with Crippen molar-refractivity contribution in [1.29, 1.82) is 0 Å². The number of carbonyl (C=O) groups is 1. The number of benzene rings is 1. The molecule has 1 aromatic rings. The van der Waals surface area contributed by atoms with Crippen LogP contribution in [0.4, 0.5) is 0 Å². The fourth-order valence-electron chi connectivity index (χ4n) is 3.06. The third kappa shape index (κ3) is 3.01. The number of rotatable bonds is 3. The second-order valence-corrected chi connectivity index (χ2v) is 5.85. The molecular formula is C17H24O. The molecule has 0 radical (unpaired) electrons. The number of hydrogen-bond acceptors (Lipinski definition) is 1. The van der Waals surface area contributed by atoms with E-state index in [4.69, 9.17) is 0 Å². The summed E-state index contributed by atoms with van der Waals surface area (Å²) in [7, 11) is 0. The van der Waals surface area contributed by atoms with E-state index in [2.05, 4.69) is 39.0 Å². The normalized spacial score (nSPS) is 24.3. The van der Waals surface area contributed by atoms with Crippen LogP contribution in [0.1, 0.15) is 49.3 Å². The molecule has 1 aliphatic carbocycles. The van der Waals surface area contributed by atoms with Gasteiger partial charge in [-0.1, -0.05) is 37.1 Å². The molecule has 98 valence electrons. The van der Waals surface area contributed by atoms with Crippen LogP contribution < -0.4 is 0 Å². The van der Waals surface area contributed by atoms with Gasteiger partial charge in [0.2, 0.25) is 0 Å². The zero-order chi connectivity index (χ0) is 13.1. The molecule has 1 fully saturated rings. The molecule has 1 aliphatic rings. The summed E-state index contributed by atoms with van der Waals surface area (Å²) in [5, 5.41) is 0. The number of aryl methyl sites for hydroxylation is 2. The fraction of sp³-hybridized carbons (Fsp3) is 0.588. The largest absolute Gasteiger partial charge is 0.299 e. The molecule has 0 heterocycles. The van der Waals surface area contributed by atoms with Crippen LogP contribution in [0.15, 0.2) is 18.2 Å². The molecule has 1 aromatic carbocycles. The van der Waals surface area contributed by atoms with Crippen LogP contribution in [0.3, 0.4) is 0 Å². The Kier molecular flexibility index (Phi) is 4.21. The van der Waals surface area contributed by atoms with Crippen molar-refractivity contribution in [3.05, 3.63) is 34.9 Å². The maximum Gasteiger partial charge on any atom is 0.136 e. The van der Waals surface area contributed by atoms with Crippen LogP contribution in [0.2, 0.25) is 0 Å². The van der Waals surface area contributed by atoms with Crippen LogP contribution in [-0.4, -0.2) is 5.78 Å². The van der Waals surface area contributed by atoms with Crippen LogP contribution in [0, 0.1) is 25.7 Å². The van der Waals surface area contributed by atoms with Crippen molar-refractivity contribution in [2.45, 2.75) is 52.9 Å². The van der Waals surface area contributed by atoms with Gasteiger partial charge in [0, 0.05) is 12.3 Å². The first-order valence-corrected chi connectivity index (χ1v) is 7.19. The lowest BCUT2D eigenvalue weighted by atomic mass is 9.76. The monoisotopic (exact) mass is 244 g/mol. The third-order valence-corrected chi connectivity index (χ3v) is 4.42. The second kappa shape index (κ2) is 5.69. The Balaban J connectivity index is 2.11. The fourth-order valence-corrected chi connectivity index (χ4v) is 3.06. The van der Waals surface area contributed by atoms with Crippen molar-refractivity contribution in [2.24, 2.45) is 11.8 Å². The van der Waals surface area contributed by atoms with Gasteiger partial charge >= 0.3 is 0 Å². The molecule has 18 heavy (non-hydrogen) atoms. The van der Waals surface area contributed by atoms with Gasteiger partial charge < -0.3 is 0 Å². The van der Waals surface area contributed by atoms with Crippen LogP contribution in [0.25, 0.3) is 0 Å². The van der Waals surface area contributed by atoms with Crippen molar-refractivity contribution in [3.8, 4) is 0 Å². The molecule has 0 bridgehead atoms. The molecule has 2 atom stereocenters. The maximum atomic E-state index is 12.1. The van der Waals surface area contributed by atoms with Crippen molar-refractivity contribution in [1.82, 2.24) is 0 Å². The summed E-state index contributed by atoms with van der Waals surface area (Å²) in [4.78, 5) is 12.1. The Morgan fingerprint density at radius 1 is 1.28 bits per heavy atom. The summed E-state index contributed by atoms with van der Waals surface area (Å²) in [5.41, 5.74) is 3.99. The van der Waals surface area contributed by atoms with E-state index in [1.165, 1.54) is 23.1 Å². The zero-order valence-electron chi connectivity index (χ0n) is 11.8. The van der Waals surface area contributed by atoms with E-state index in [9.17, 15) is 4.79 Å². The van der Waals surface area contributed by atoms with Gasteiger partial charge in [-0.3, -0.25) is 4.79 Å². The highest BCUT2D eigenvalue weighted by atomic mass is 16.1. The van der Waals surface area contributed by atoms with Crippen LogP contribution in [-0.2, 0) is 11.2 Å². The number of hydrogen-bond donors (Lipinski definition) is 0. The Morgan fingerprint density at radius 2 is 2.06 bits per heavy atom. The van der Waals surface area contributed by atoms with Gasteiger partial charge in [-0.25, -0.2) is 0 Å². The van der Waals surface area contributed by atoms with Gasteiger partial charge in [0.05, 0.1) is 0 Å². The minimum absolute atomic E-state index is 0.268. The van der Waals surface area contributed by atoms with Gasteiger partial charge in [0.1, 0.15) is 5.78 Å². The van der Waals surface area contributed by atoms with Gasteiger partial charge in [0.15, 0.2) is 0 Å². The maximum absolute atomic E-state index is 12.1. The average Bonchev–Trinajstić information content (AvgIpc) is 2.36. The average molecular weight is 244 g/mol. The van der Waals surface area contributed by atoms with Crippen molar-refractivity contribution in [3.63, 3.8) is 0 Å². The smallest absolute Gasteiger partial charge is 0.136 e. The summed E-state index contributed by atoms with van der Waals surface area (Å²) in [5.74, 6) is 1.52. The standard InChI is InChI=1S/C17H24O/c1-4-14-7-8-17(18)16(10-14)11-15-9-12(2)5-6-13(15)3/h5-6,9,14,16H,4,7-8,10-11H2,1-3H3. The molecule has 2 unspecified atom stereocenters. The lowest BCUT2D eigenvalue weighted by molar-refractivity contribution is -0.125. The minimum atomic E-state index is 0.268. The predicted octanol–water partition coefficient (Wildman–Crippen LogP) is 4.24. The SMILES string of the molecule is CCC1CCC(=O)C(Cc2cc(C)ccc2C)C1. The molecular weight excluding hydrogens is 220 g/mol. The Bertz CT molecular complexity index is 433. The predicted molar refractivity (Wildman–Crippen MR) is 75.7 cm³/mol. The topological polar surface area (TPSA) is 17.1 Å². The van der Waals surface area contributed by atoms with E-state index in [0.29, 0.717) is 5.78 Å². The van der Waals surface area contributed by atoms with E-state index in [1.807, 2.05) is 0 Å². The molecule has 1 heteroatoms. The molecule has 0 amide bonds. The van der Waals surface area contributed by atoms with Gasteiger partial charge in [-0.2, -0.15) is 0 Å². The van der Waals surface area contributed by atoms with Gasteiger partial charge in [0.25, 0.3) is 0 Å². The molecule has 1 nitrogen and oxygen atoms in total. The van der Waals surface area contributed by atoms with Crippen molar-refractivity contribution < 1.29 is 4.79 Å². The van der Waals surface area contributed by atoms with Crippen molar-refractivity contribution in [2.75, 3.05) is 0 Å². The third-order valence-electron chi connectivity index (χ3n) is 4.42. The van der Waals surface area contributed by atoms with Crippen LogP contribution in [0.5, 0.6) is 0 Å². The molecule has 0 aliphatic heterocycles. The molecule has 0 spiro atoms. The van der Waals surface area contributed by atoms with E-state index in [1.54, 1.807) is 0 Å². The zero-order valence-corrected chi connectivity index (χ0v) is 11.8. The van der Waals surface area contributed by atoms with Crippen LogP contribution >= 0.6 is 0 Å². The molecule has 0 aromatic heterocycles. The highest BCUT2D eigenvalue weighted by Crippen LogP contribution is 2.31. The Labute approximate surface area is 111 Å². The summed E-state index contributed by atoms with van der Waals surface area (Å²) < 4.78 is 0. The lowest BCUT2D eigenvalue weighted by Gasteiger charge is -2.27. The number of carbonyl (C=O) groups excluding carboxylic acids is 1. The summed E-state index contributed by atoms with van der Waals surface area (Å²) >= 11 is 0. The lowest BCUT2D eigenvalue weighted by Crippen LogP contribution is -2.26. The number of ketones is 1. The quantitative estimate of drug-likeness (QED) is 0.777. The summed E-state index contributed by atoms with van der Waals surface area (Å²) in [6.45, 7) is 6.52. The first kappa shape index (κ1) is 13.3. The highest BCUT2D eigenvalue weighted by molar-refractivity contribution is 5.82. The summed E-state index contributed by atoms with van der Waals surface area (Å²) in [6, 6.07) is 6.57. The van der Waals surface area contributed by atoms with E-state index >= 15 is 0 Å². The summed E-state index contributed by atoms with van der Waals surface area (Å²) in [6.07, 6.45) is 5.18. The first-order valence-electron chi connectivity index (χ1n) is 7.19. The Morgan fingerprint density at radius 3 is 2.78 bits per heavy atom. The number of Topliss-reactive ketones (excluding diaryl/α,β-unsaturated/α-hetero) is 1.